The van der Waals surface area contributed by atoms with E-state index in [9.17, 15) is 4.39 Å². The average Bonchev–Trinajstić information content (AvgIpc) is 3.21. The lowest BCUT2D eigenvalue weighted by Gasteiger charge is -2.19. The van der Waals surface area contributed by atoms with E-state index < -0.39 is 0 Å². The first-order chi connectivity index (χ1) is 9.22. The van der Waals surface area contributed by atoms with Gasteiger partial charge in [0.25, 0.3) is 0 Å². The number of hydrogen-bond donors (Lipinski definition) is 1. The van der Waals surface area contributed by atoms with Gasteiger partial charge in [0.15, 0.2) is 11.6 Å². The highest BCUT2D eigenvalue weighted by Gasteiger charge is 2.21. The zero-order valence-corrected chi connectivity index (χ0v) is 11.7. The Kier molecular flexibility index (Phi) is 5.10. The van der Waals surface area contributed by atoms with Gasteiger partial charge in [-0.25, -0.2) is 9.37 Å². The minimum atomic E-state index is -0.249. The van der Waals surface area contributed by atoms with Gasteiger partial charge in [-0.1, -0.05) is 0 Å². The number of pyridine rings is 1. The van der Waals surface area contributed by atoms with Gasteiger partial charge in [-0.2, -0.15) is 0 Å². The Labute approximate surface area is 114 Å². The van der Waals surface area contributed by atoms with E-state index in [1.165, 1.54) is 12.8 Å². The number of aromatic nitrogens is 1. The Morgan fingerprint density at radius 2 is 2.32 bits per heavy atom. The van der Waals surface area contributed by atoms with Gasteiger partial charge in [0, 0.05) is 38.5 Å². The van der Waals surface area contributed by atoms with E-state index in [1.807, 2.05) is 7.05 Å². The number of halogens is 1. The van der Waals surface area contributed by atoms with Gasteiger partial charge in [0.2, 0.25) is 0 Å². The van der Waals surface area contributed by atoms with Crippen LogP contribution in [0.3, 0.4) is 0 Å². The molecule has 1 heterocycles. The summed E-state index contributed by atoms with van der Waals surface area (Å²) in [7, 11) is 3.64. The molecule has 1 aromatic heterocycles. The molecule has 1 aliphatic carbocycles. The summed E-state index contributed by atoms with van der Waals surface area (Å²) in [6.07, 6.45) is 4.23. The van der Waals surface area contributed by atoms with Crippen LogP contribution in [0.5, 0.6) is 0 Å². The van der Waals surface area contributed by atoms with Gasteiger partial charge < -0.3 is 15.0 Å². The van der Waals surface area contributed by atoms with Crippen LogP contribution in [-0.4, -0.2) is 38.8 Å². The maximum Gasteiger partial charge on any atom is 0.170 e. The predicted octanol–water partition coefficient (Wildman–Crippen LogP) is 1.80. The van der Waals surface area contributed by atoms with Crippen LogP contribution in [0.15, 0.2) is 12.3 Å². The summed E-state index contributed by atoms with van der Waals surface area (Å²) in [5, 5.41) is 2.95. The van der Waals surface area contributed by atoms with Gasteiger partial charge in [-0.3, -0.25) is 0 Å². The lowest BCUT2D eigenvalue weighted by molar-refractivity contribution is 0.130. The highest BCUT2D eigenvalue weighted by molar-refractivity contribution is 5.42. The van der Waals surface area contributed by atoms with E-state index in [4.69, 9.17) is 4.74 Å². The predicted molar refractivity (Wildman–Crippen MR) is 73.8 cm³/mol. The van der Waals surface area contributed by atoms with Crippen molar-refractivity contribution in [1.29, 1.82) is 0 Å². The molecule has 1 saturated carbocycles. The van der Waals surface area contributed by atoms with E-state index >= 15 is 0 Å². The van der Waals surface area contributed by atoms with Gasteiger partial charge in [-0.15, -0.1) is 0 Å². The number of nitrogens with zero attached hydrogens (tertiary/aromatic N) is 2. The van der Waals surface area contributed by atoms with Crippen LogP contribution in [0.25, 0.3) is 0 Å². The Morgan fingerprint density at radius 3 is 3.00 bits per heavy atom. The van der Waals surface area contributed by atoms with Crippen molar-refractivity contribution in [1.82, 2.24) is 10.3 Å². The topological polar surface area (TPSA) is 37.4 Å². The average molecular weight is 267 g/mol. The van der Waals surface area contributed by atoms with E-state index in [0.717, 1.165) is 12.5 Å². The molecule has 4 nitrogen and oxygen atoms in total. The molecule has 2 rings (SSSR count). The van der Waals surface area contributed by atoms with Gasteiger partial charge >= 0.3 is 0 Å². The lowest BCUT2D eigenvalue weighted by atomic mass is 10.2. The summed E-state index contributed by atoms with van der Waals surface area (Å²) >= 11 is 0. The molecule has 0 atom stereocenters. The SMILES string of the molecule is CNCc1ccnc(N(C)CCOCC2CC2)c1F. The zero-order valence-electron chi connectivity index (χ0n) is 11.7. The van der Waals surface area contributed by atoms with Crippen molar-refractivity contribution in [3.8, 4) is 0 Å². The van der Waals surface area contributed by atoms with Gasteiger partial charge in [-0.05, 0) is 31.9 Å². The third-order valence-electron chi connectivity index (χ3n) is 3.30. The van der Waals surface area contributed by atoms with Crippen LogP contribution in [-0.2, 0) is 11.3 Å². The molecular formula is C14H22FN3O. The van der Waals surface area contributed by atoms with Crippen LogP contribution in [0.4, 0.5) is 10.2 Å². The van der Waals surface area contributed by atoms with Crippen LogP contribution in [0, 0.1) is 11.7 Å². The van der Waals surface area contributed by atoms with E-state index in [0.29, 0.717) is 31.1 Å². The first-order valence-electron chi connectivity index (χ1n) is 6.79. The van der Waals surface area contributed by atoms with Crippen molar-refractivity contribution in [3.05, 3.63) is 23.6 Å². The molecule has 1 fully saturated rings. The summed E-state index contributed by atoms with van der Waals surface area (Å²) in [6, 6.07) is 1.70. The Hall–Kier alpha value is -1.20. The van der Waals surface area contributed by atoms with E-state index in [2.05, 4.69) is 10.3 Å². The second kappa shape index (κ2) is 6.82. The molecule has 5 heteroatoms. The van der Waals surface area contributed by atoms with Crippen molar-refractivity contribution < 1.29 is 9.13 Å². The zero-order chi connectivity index (χ0) is 13.7. The number of ether oxygens (including phenoxy) is 1. The first-order valence-corrected chi connectivity index (χ1v) is 6.79. The maximum atomic E-state index is 14.2. The minimum Gasteiger partial charge on any atom is -0.379 e. The molecule has 0 bridgehead atoms. The van der Waals surface area contributed by atoms with Crippen LogP contribution >= 0.6 is 0 Å². The van der Waals surface area contributed by atoms with Crippen LogP contribution < -0.4 is 10.2 Å². The number of rotatable bonds is 8. The molecule has 106 valence electrons. The molecule has 1 aromatic rings. The van der Waals surface area contributed by atoms with Crippen molar-refractivity contribution in [2.45, 2.75) is 19.4 Å². The minimum absolute atomic E-state index is 0.249. The fraction of sp³-hybridized carbons (Fsp3) is 0.643. The lowest BCUT2D eigenvalue weighted by Crippen LogP contribution is -2.25. The fourth-order valence-electron chi connectivity index (χ4n) is 1.91. The molecular weight excluding hydrogens is 245 g/mol. The number of anilines is 1. The molecule has 19 heavy (non-hydrogen) atoms. The second-order valence-electron chi connectivity index (χ2n) is 5.08. The van der Waals surface area contributed by atoms with Crippen molar-refractivity contribution in [2.75, 3.05) is 38.8 Å². The molecule has 0 saturated heterocycles. The highest BCUT2D eigenvalue weighted by Crippen LogP contribution is 2.28. The van der Waals surface area contributed by atoms with E-state index in [1.54, 1.807) is 24.2 Å². The maximum absolute atomic E-state index is 14.2. The molecule has 0 spiro atoms. The fourth-order valence-corrected chi connectivity index (χ4v) is 1.91. The van der Waals surface area contributed by atoms with Crippen molar-refractivity contribution >= 4 is 5.82 Å². The monoisotopic (exact) mass is 267 g/mol. The Bertz CT molecular complexity index is 410. The largest absolute Gasteiger partial charge is 0.379 e. The molecule has 0 unspecified atom stereocenters. The smallest absolute Gasteiger partial charge is 0.170 e. The summed E-state index contributed by atoms with van der Waals surface area (Å²) in [5.41, 5.74) is 0.637. The third-order valence-corrected chi connectivity index (χ3v) is 3.30. The molecule has 1 N–H and O–H groups in total. The highest BCUT2D eigenvalue weighted by atomic mass is 19.1. The van der Waals surface area contributed by atoms with Crippen LogP contribution in [0.1, 0.15) is 18.4 Å². The summed E-state index contributed by atoms with van der Waals surface area (Å²) in [6.45, 7) is 2.61. The molecule has 0 radical (unpaired) electrons. The van der Waals surface area contributed by atoms with Crippen molar-refractivity contribution in [3.63, 3.8) is 0 Å². The summed E-state index contributed by atoms with van der Waals surface area (Å²) in [4.78, 5) is 5.92. The molecule has 0 aliphatic heterocycles. The molecule has 0 amide bonds. The summed E-state index contributed by atoms with van der Waals surface area (Å²) < 4.78 is 19.7. The number of nitrogens with one attached hydrogen (secondary N) is 1. The summed E-state index contributed by atoms with van der Waals surface area (Å²) in [5.74, 6) is 0.906. The van der Waals surface area contributed by atoms with Crippen molar-refractivity contribution in [2.24, 2.45) is 5.92 Å². The molecule has 1 aliphatic rings. The van der Waals surface area contributed by atoms with Gasteiger partial charge in [0.05, 0.1) is 6.61 Å². The van der Waals surface area contributed by atoms with Gasteiger partial charge in [0.1, 0.15) is 0 Å². The first kappa shape index (κ1) is 14.2. The third kappa shape index (κ3) is 4.14. The quantitative estimate of drug-likeness (QED) is 0.729. The molecule has 0 aromatic carbocycles. The van der Waals surface area contributed by atoms with E-state index in [-0.39, 0.29) is 5.82 Å². The normalized spacial score (nSPS) is 14.7. The number of hydrogen-bond acceptors (Lipinski definition) is 4. The Morgan fingerprint density at radius 1 is 1.53 bits per heavy atom. The number of likely N-dealkylation sites (N-methyl/N-ethyl adjacent to an activating group) is 1. The standard InChI is InChI=1S/C14H22FN3O/c1-16-9-12-5-6-17-14(13(12)15)18(2)7-8-19-10-11-3-4-11/h5-6,11,16H,3-4,7-10H2,1-2H3. The second-order valence-corrected chi connectivity index (χ2v) is 5.08. The van der Waals surface area contributed by atoms with Crippen LogP contribution in [0.2, 0.25) is 0 Å². The Balaban J connectivity index is 1.85.